The topological polar surface area (TPSA) is 104 Å². The summed E-state index contributed by atoms with van der Waals surface area (Å²) >= 11 is 7.55. The Labute approximate surface area is 131 Å². The number of rotatable bonds is 5. The molecular formula is C11H16ClN7OS. The van der Waals surface area contributed by atoms with Crippen molar-refractivity contribution in [2.45, 2.75) is 25.5 Å². The lowest BCUT2D eigenvalue weighted by Gasteiger charge is -2.07. The predicted octanol–water partition coefficient (Wildman–Crippen LogP) is 0.742. The molecule has 0 aromatic carbocycles. The normalized spacial score (nSPS) is 10.9. The van der Waals surface area contributed by atoms with Crippen LogP contribution in [0.15, 0.2) is 5.16 Å². The van der Waals surface area contributed by atoms with Gasteiger partial charge in [0.2, 0.25) is 5.91 Å². The van der Waals surface area contributed by atoms with Crippen LogP contribution in [-0.2, 0) is 18.4 Å². The Kier molecular flexibility index (Phi) is 4.86. The first-order valence-electron chi connectivity index (χ1n) is 6.24. The van der Waals surface area contributed by atoms with Gasteiger partial charge in [0.05, 0.1) is 16.5 Å². The van der Waals surface area contributed by atoms with Gasteiger partial charge >= 0.3 is 0 Å². The van der Waals surface area contributed by atoms with Crippen molar-refractivity contribution < 1.29 is 4.79 Å². The Balaban J connectivity index is 2.37. The molecule has 0 bridgehead atoms. The van der Waals surface area contributed by atoms with Crippen molar-refractivity contribution in [2.75, 3.05) is 5.75 Å². The van der Waals surface area contributed by atoms with Crippen LogP contribution in [0.25, 0.3) is 11.5 Å². The minimum Gasteiger partial charge on any atom is -0.301 e. The number of hydrogen-bond donors (Lipinski definition) is 2. The predicted molar refractivity (Wildman–Crippen MR) is 80.7 cm³/mol. The molecule has 0 saturated heterocycles. The molecule has 3 N–H and O–H groups in total. The summed E-state index contributed by atoms with van der Waals surface area (Å²) in [5, 5.41) is 13.8. The Morgan fingerprint density at radius 2 is 2.19 bits per heavy atom. The van der Waals surface area contributed by atoms with Gasteiger partial charge in [-0.2, -0.15) is 5.10 Å². The molecule has 2 rings (SSSR count). The van der Waals surface area contributed by atoms with Gasteiger partial charge in [-0.1, -0.05) is 23.4 Å². The largest absolute Gasteiger partial charge is 0.301 e. The second-order valence-corrected chi connectivity index (χ2v) is 5.60. The second-order valence-electron chi connectivity index (χ2n) is 4.28. The van der Waals surface area contributed by atoms with Crippen LogP contribution in [0.4, 0.5) is 0 Å². The number of nitrogens with two attached hydrogens (primary N) is 1. The molecule has 8 nitrogen and oxygen atoms in total. The first-order chi connectivity index (χ1) is 9.99. The van der Waals surface area contributed by atoms with Crippen LogP contribution in [0.2, 0.25) is 5.02 Å². The Bertz CT molecular complexity index is 666. The van der Waals surface area contributed by atoms with Crippen LogP contribution in [0, 0.1) is 6.92 Å². The molecule has 2 aromatic rings. The SMILES string of the molecule is CCn1c(SCC(=O)NN)nnc1-c1c(Cl)c(C)nn1C. The highest BCUT2D eigenvalue weighted by molar-refractivity contribution is 7.99. The Hall–Kier alpha value is -1.58. The van der Waals surface area contributed by atoms with Gasteiger partial charge < -0.3 is 4.57 Å². The van der Waals surface area contributed by atoms with Crippen molar-refractivity contribution in [1.29, 1.82) is 0 Å². The van der Waals surface area contributed by atoms with Gasteiger partial charge in [-0.05, 0) is 13.8 Å². The summed E-state index contributed by atoms with van der Waals surface area (Å²) in [7, 11) is 1.80. The first-order valence-corrected chi connectivity index (χ1v) is 7.60. The minimum atomic E-state index is -0.276. The highest BCUT2D eigenvalue weighted by Crippen LogP contribution is 2.30. The van der Waals surface area contributed by atoms with Crippen LogP contribution >= 0.6 is 23.4 Å². The van der Waals surface area contributed by atoms with E-state index in [9.17, 15) is 4.79 Å². The summed E-state index contributed by atoms with van der Waals surface area (Å²) in [5.74, 6) is 5.58. The summed E-state index contributed by atoms with van der Waals surface area (Å²) < 4.78 is 3.56. The summed E-state index contributed by atoms with van der Waals surface area (Å²) in [6, 6.07) is 0. The van der Waals surface area contributed by atoms with E-state index >= 15 is 0 Å². The standard InChI is InChI=1S/C11H16ClN7OS/c1-4-19-10(9-8(12)6(2)17-18(9)3)15-16-11(19)21-5-7(20)14-13/h4-5,13H2,1-3H3,(H,14,20). The van der Waals surface area contributed by atoms with E-state index in [0.29, 0.717) is 28.2 Å². The number of carbonyl (C=O) groups excluding carboxylic acids is 1. The van der Waals surface area contributed by atoms with E-state index in [1.54, 1.807) is 11.7 Å². The third kappa shape index (κ3) is 3.04. The van der Waals surface area contributed by atoms with E-state index in [1.807, 2.05) is 18.4 Å². The van der Waals surface area contributed by atoms with E-state index in [-0.39, 0.29) is 11.7 Å². The lowest BCUT2D eigenvalue weighted by molar-refractivity contribution is -0.118. The molecule has 10 heteroatoms. The monoisotopic (exact) mass is 329 g/mol. The molecule has 0 atom stereocenters. The number of carbonyl (C=O) groups is 1. The minimum absolute atomic E-state index is 0.173. The zero-order chi connectivity index (χ0) is 15.6. The van der Waals surface area contributed by atoms with Crippen LogP contribution in [-0.4, -0.2) is 36.2 Å². The maximum absolute atomic E-state index is 11.2. The maximum Gasteiger partial charge on any atom is 0.244 e. The molecule has 0 spiro atoms. The van der Waals surface area contributed by atoms with Gasteiger partial charge in [-0.15, -0.1) is 10.2 Å². The molecule has 114 valence electrons. The third-order valence-corrected chi connectivity index (χ3v) is 4.31. The Morgan fingerprint density at radius 1 is 1.48 bits per heavy atom. The van der Waals surface area contributed by atoms with Crippen molar-refractivity contribution >= 4 is 29.3 Å². The number of aryl methyl sites for hydroxylation is 2. The van der Waals surface area contributed by atoms with Crippen molar-refractivity contribution in [2.24, 2.45) is 12.9 Å². The van der Waals surface area contributed by atoms with Crippen LogP contribution in [0.3, 0.4) is 0 Å². The zero-order valence-corrected chi connectivity index (χ0v) is 13.5. The van der Waals surface area contributed by atoms with E-state index in [4.69, 9.17) is 17.4 Å². The highest BCUT2D eigenvalue weighted by atomic mass is 35.5. The van der Waals surface area contributed by atoms with Gasteiger partial charge in [0, 0.05) is 13.6 Å². The number of halogens is 1. The van der Waals surface area contributed by atoms with E-state index in [1.165, 1.54) is 11.8 Å². The molecule has 0 fully saturated rings. The fraction of sp³-hybridized carbons (Fsp3) is 0.455. The zero-order valence-electron chi connectivity index (χ0n) is 11.9. The molecule has 2 heterocycles. The smallest absolute Gasteiger partial charge is 0.244 e. The third-order valence-electron chi connectivity index (χ3n) is 2.89. The average molecular weight is 330 g/mol. The number of hydrazine groups is 1. The summed E-state index contributed by atoms with van der Waals surface area (Å²) in [6.07, 6.45) is 0. The lowest BCUT2D eigenvalue weighted by Crippen LogP contribution is -2.31. The molecular weight excluding hydrogens is 314 g/mol. The fourth-order valence-electron chi connectivity index (χ4n) is 1.90. The lowest BCUT2D eigenvalue weighted by atomic mass is 10.3. The average Bonchev–Trinajstić information content (AvgIpc) is 2.97. The van der Waals surface area contributed by atoms with Gasteiger partial charge in [-0.25, -0.2) is 5.84 Å². The van der Waals surface area contributed by atoms with Gasteiger partial charge in [0.25, 0.3) is 0 Å². The summed E-state index contributed by atoms with van der Waals surface area (Å²) in [6.45, 7) is 4.45. The quantitative estimate of drug-likeness (QED) is 0.363. The van der Waals surface area contributed by atoms with Crippen molar-refractivity contribution in [1.82, 2.24) is 30.0 Å². The van der Waals surface area contributed by atoms with E-state index in [2.05, 4.69) is 20.7 Å². The summed E-state index contributed by atoms with van der Waals surface area (Å²) in [4.78, 5) is 11.2. The molecule has 0 aliphatic carbocycles. The summed E-state index contributed by atoms with van der Waals surface area (Å²) in [5.41, 5.74) is 3.52. The maximum atomic E-state index is 11.2. The van der Waals surface area contributed by atoms with Gasteiger partial charge in [0.15, 0.2) is 11.0 Å². The van der Waals surface area contributed by atoms with Crippen molar-refractivity contribution in [3.63, 3.8) is 0 Å². The number of hydrogen-bond acceptors (Lipinski definition) is 6. The number of thioether (sulfide) groups is 1. The van der Waals surface area contributed by atoms with Gasteiger partial charge in [0.1, 0.15) is 5.69 Å². The molecule has 0 saturated carbocycles. The van der Waals surface area contributed by atoms with E-state index < -0.39 is 0 Å². The van der Waals surface area contributed by atoms with Gasteiger partial charge in [-0.3, -0.25) is 14.9 Å². The number of nitrogens with one attached hydrogen (secondary N) is 1. The van der Waals surface area contributed by atoms with Crippen LogP contribution in [0.1, 0.15) is 12.6 Å². The van der Waals surface area contributed by atoms with E-state index in [0.717, 1.165) is 5.69 Å². The number of nitrogens with zero attached hydrogens (tertiary/aromatic N) is 5. The highest BCUT2D eigenvalue weighted by Gasteiger charge is 2.21. The Morgan fingerprint density at radius 3 is 2.71 bits per heavy atom. The van der Waals surface area contributed by atoms with Crippen molar-refractivity contribution in [3.05, 3.63) is 10.7 Å². The molecule has 0 aliphatic rings. The molecule has 0 unspecified atom stereocenters. The molecule has 0 aliphatic heterocycles. The fourth-order valence-corrected chi connectivity index (χ4v) is 2.96. The second kappa shape index (κ2) is 6.46. The number of aromatic nitrogens is 5. The molecule has 1 amide bonds. The number of amides is 1. The van der Waals surface area contributed by atoms with Crippen LogP contribution in [0.5, 0.6) is 0 Å². The van der Waals surface area contributed by atoms with Crippen molar-refractivity contribution in [3.8, 4) is 11.5 Å². The molecule has 21 heavy (non-hydrogen) atoms. The molecule has 0 radical (unpaired) electrons. The molecule has 2 aromatic heterocycles. The van der Waals surface area contributed by atoms with Crippen LogP contribution < -0.4 is 11.3 Å². The first kappa shape index (κ1) is 15.8.